The summed E-state index contributed by atoms with van der Waals surface area (Å²) >= 11 is 0. The molecule has 0 unspecified atom stereocenters. The van der Waals surface area contributed by atoms with Gasteiger partial charge in [0.2, 0.25) is 0 Å². The van der Waals surface area contributed by atoms with Crippen molar-refractivity contribution in [2.45, 2.75) is 40.0 Å². The van der Waals surface area contributed by atoms with Gasteiger partial charge in [0, 0.05) is 0 Å². The Morgan fingerprint density at radius 2 is 1.83 bits per heavy atom. The van der Waals surface area contributed by atoms with Gasteiger partial charge in [-0.1, -0.05) is 44.9 Å². The fourth-order valence-electron chi connectivity index (χ4n) is 2.80. The molecule has 0 heterocycles. The first kappa shape index (κ1) is 13.1. The normalized spacial score (nSPS) is 41.8. The van der Waals surface area contributed by atoms with E-state index >= 15 is 0 Å². The predicted molar refractivity (Wildman–Crippen MR) is 49.3 cm³/mol. The molecule has 2 fully saturated rings. The van der Waals surface area contributed by atoms with Crippen LogP contribution in [0.3, 0.4) is 0 Å². The van der Waals surface area contributed by atoms with Crippen molar-refractivity contribution in [3.05, 3.63) is 6.42 Å². The van der Waals surface area contributed by atoms with Crippen LogP contribution in [0.1, 0.15) is 40.0 Å². The van der Waals surface area contributed by atoms with Crippen molar-refractivity contribution < 1.29 is 12.4 Å². The SMILES string of the molecule is CC1(C)[C@@H]2C[CH-][C@@]1(C)CC2.[Cl-].[Mg+2]. The second kappa shape index (κ2) is 3.66. The van der Waals surface area contributed by atoms with E-state index in [1.54, 1.807) is 0 Å². The van der Waals surface area contributed by atoms with Crippen LogP contribution in [-0.4, -0.2) is 23.1 Å². The first-order valence-corrected chi connectivity index (χ1v) is 4.41. The third-order valence-electron chi connectivity index (χ3n) is 4.36. The minimum atomic E-state index is 0. The Morgan fingerprint density at radius 3 is 1.92 bits per heavy atom. The Kier molecular flexibility index (Phi) is 3.99. The van der Waals surface area contributed by atoms with E-state index in [1.807, 2.05) is 0 Å². The summed E-state index contributed by atoms with van der Waals surface area (Å²) in [6, 6.07) is 0. The maximum absolute atomic E-state index is 2.56. The predicted octanol–water partition coefficient (Wildman–Crippen LogP) is -0.340. The average molecular weight is 197 g/mol. The van der Waals surface area contributed by atoms with Crippen LogP contribution in [0.2, 0.25) is 0 Å². The molecular weight excluding hydrogens is 180 g/mol. The van der Waals surface area contributed by atoms with Crippen molar-refractivity contribution in [3.63, 3.8) is 0 Å². The van der Waals surface area contributed by atoms with E-state index in [2.05, 4.69) is 27.2 Å². The van der Waals surface area contributed by atoms with Crippen molar-refractivity contribution in [3.8, 4) is 0 Å². The molecule has 2 heteroatoms. The summed E-state index contributed by atoms with van der Waals surface area (Å²) in [6.07, 6.45) is 6.84. The summed E-state index contributed by atoms with van der Waals surface area (Å²) < 4.78 is 0. The van der Waals surface area contributed by atoms with Crippen LogP contribution >= 0.6 is 0 Å². The van der Waals surface area contributed by atoms with E-state index in [1.165, 1.54) is 19.3 Å². The molecule has 0 saturated heterocycles. The van der Waals surface area contributed by atoms with Gasteiger partial charge in [-0.05, 0) is 0 Å². The molecule has 0 nitrogen and oxygen atoms in total. The second-order valence-electron chi connectivity index (χ2n) is 4.81. The molecule has 0 aromatic heterocycles. The summed E-state index contributed by atoms with van der Waals surface area (Å²) in [7, 11) is 0. The number of rotatable bonds is 0. The minimum absolute atomic E-state index is 0. The fraction of sp³-hybridized carbons (Fsp3) is 0.900. The van der Waals surface area contributed by atoms with Crippen LogP contribution in [0, 0.1) is 23.2 Å². The van der Waals surface area contributed by atoms with Gasteiger partial charge in [0.05, 0.1) is 0 Å². The second-order valence-corrected chi connectivity index (χ2v) is 4.81. The summed E-state index contributed by atoms with van der Waals surface area (Å²) in [4.78, 5) is 0. The maximum Gasteiger partial charge on any atom is 2.00 e. The number of hydrogen-bond acceptors (Lipinski definition) is 0. The fourth-order valence-corrected chi connectivity index (χ4v) is 2.80. The van der Waals surface area contributed by atoms with Gasteiger partial charge in [-0.15, -0.1) is 0 Å². The Labute approximate surface area is 98.4 Å². The molecule has 2 atom stereocenters. The molecule has 2 saturated carbocycles. The minimum Gasteiger partial charge on any atom is -1.00 e. The van der Waals surface area contributed by atoms with E-state index in [0.717, 1.165) is 5.92 Å². The van der Waals surface area contributed by atoms with E-state index in [0.29, 0.717) is 10.8 Å². The largest absolute Gasteiger partial charge is 2.00 e. The van der Waals surface area contributed by atoms with Crippen LogP contribution in [0.4, 0.5) is 0 Å². The Bertz CT molecular complexity index is 154. The Morgan fingerprint density at radius 1 is 1.25 bits per heavy atom. The number of halogens is 1. The van der Waals surface area contributed by atoms with Gasteiger partial charge < -0.3 is 18.8 Å². The number of fused-ring (bicyclic) bond motifs is 2. The summed E-state index contributed by atoms with van der Waals surface area (Å²) in [5.74, 6) is 0.998. The van der Waals surface area contributed by atoms with E-state index < -0.39 is 0 Å². The van der Waals surface area contributed by atoms with Crippen LogP contribution in [0.5, 0.6) is 0 Å². The first-order valence-electron chi connectivity index (χ1n) is 4.41. The standard InChI is InChI=1S/C10H17.ClH.Mg/c1-9(2)8-4-6-10(9,3)7-5-8;;/h6,8H,4-5,7H2,1-3H3;1H;/q-1;;+2/p-1/t8-,10+;;/m1../s1. The molecule has 2 rings (SSSR count). The van der Waals surface area contributed by atoms with Crippen molar-refractivity contribution in [1.82, 2.24) is 0 Å². The molecule has 2 aliphatic carbocycles. The van der Waals surface area contributed by atoms with Crippen molar-refractivity contribution in [1.29, 1.82) is 0 Å². The zero-order valence-electron chi connectivity index (χ0n) is 8.36. The molecule has 0 N–H and O–H groups in total. The summed E-state index contributed by atoms with van der Waals surface area (Å²) in [5, 5.41) is 0. The van der Waals surface area contributed by atoms with E-state index in [9.17, 15) is 0 Å². The van der Waals surface area contributed by atoms with Gasteiger partial charge in [0.1, 0.15) is 0 Å². The Hall–Kier alpha value is 1.06. The molecule has 0 aromatic carbocycles. The molecule has 0 radical (unpaired) electrons. The molecule has 0 aliphatic heterocycles. The van der Waals surface area contributed by atoms with Crippen molar-refractivity contribution in [2.24, 2.45) is 16.7 Å². The maximum atomic E-state index is 2.56. The smallest absolute Gasteiger partial charge is 1.00 e. The third-order valence-corrected chi connectivity index (χ3v) is 4.36. The molecule has 0 spiro atoms. The molecule has 2 bridgehead atoms. The topological polar surface area (TPSA) is 0 Å². The van der Waals surface area contributed by atoms with Gasteiger partial charge in [-0.25, -0.2) is 0 Å². The first-order chi connectivity index (χ1) is 4.56. The van der Waals surface area contributed by atoms with Crippen LogP contribution in [0.15, 0.2) is 0 Å². The van der Waals surface area contributed by atoms with Gasteiger partial charge in [0.15, 0.2) is 0 Å². The molecular formula is C10H17ClMg. The van der Waals surface area contributed by atoms with Crippen LogP contribution in [0.25, 0.3) is 0 Å². The van der Waals surface area contributed by atoms with Gasteiger partial charge in [0.25, 0.3) is 0 Å². The monoisotopic (exact) mass is 196 g/mol. The van der Waals surface area contributed by atoms with Crippen LogP contribution in [-0.2, 0) is 0 Å². The quantitative estimate of drug-likeness (QED) is 0.368. The summed E-state index contributed by atoms with van der Waals surface area (Å²) in [6.45, 7) is 7.31. The third kappa shape index (κ3) is 1.42. The number of hydrogen-bond donors (Lipinski definition) is 0. The molecule has 0 aromatic rings. The van der Waals surface area contributed by atoms with E-state index in [4.69, 9.17) is 0 Å². The molecule has 0 amide bonds. The molecule has 2 aliphatic rings. The van der Waals surface area contributed by atoms with Gasteiger partial charge in [-0.2, -0.15) is 11.8 Å². The van der Waals surface area contributed by atoms with Gasteiger partial charge in [-0.3, -0.25) is 0 Å². The average Bonchev–Trinajstić information content (AvgIpc) is 2.18. The Balaban J connectivity index is 0.000000605. The van der Waals surface area contributed by atoms with Crippen molar-refractivity contribution in [2.75, 3.05) is 0 Å². The van der Waals surface area contributed by atoms with Gasteiger partial charge >= 0.3 is 23.1 Å². The summed E-state index contributed by atoms with van der Waals surface area (Å²) in [5.41, 5.74) is 1.19. The molecule has 12 heavy (non-hydrogen) atoms. The zero-order chi connectivity index (χ0) is 7.41. The van der Waals surface area contributed by atoms with Crippen molar-refractivity contribution >= 4 is 23.1 Å². The molecule has 66 valence electrons. The van der Waals surface area contributed by atoms with E-state index in [-0.39, 0.29) is 35.5 Å². The van der Waals surface area contributed by atoms with Crippen LogP contribution < -0.4 is 12.4 Å². The zero-order valence-corrected chi connectivity index (χ0v) is 10.5.